The zero-order chi connectivity index (χ0) is 13.3. The molecular formula is C10H8BrFN2O2S2. The SMILES string of the molecule is Cc1ncc(S(=O)(=O)Nc2ccc(Br)cc2F)s1. The van der Waals surface area contributed by atoms with Crippen LogP contribution >= 0.6 is 27.3 Å². The number of benzene rings is 1. The lowest BCUT2D eigenvalue weighted by molar-refractivity contribution is 0.600. The van der Waals surface area contributed by atoms with E-state index < -0.39 is 15.8 Å². The molecule has 0 aliphatic heterocycles. The third-order valence-electron chi connectivity index (χ3n) is 2.04. The minimum absolute atomic E-state index is 0.0577. The van der Waals surface area contributed by atoms with Gasteiger partial charge in [-0.1, -0.05) is 15.9 Å². The molecule has 0 unspecified atom stereocenters. The van der Waals surface area contributed by atoms with Crippen molar-refractivity contribution in [2.75, 3.05) is 4.72 Å². The summed E-state index contributed by atoms with van der Waals surface area (Å²) in [6, 6.07) is 4.10. The fourth-order valence-electron chi connectivity index (χ4n) is 1.23. The van der Waals surface area contributed by atoms with Crippen LogP contribution < -0.4 is 4.72 Å². The molecule has 0 atom stereocenters. The summed E-state index contributed by atoms with van der Waals surface area (Å²) in [5.41, 5.74) is -0.0933. The van der Waals surface area contributed by atoms with Gasteiger partial charge in [-0.05, 0) is 25.1 Å². The Morgan fingerprint density at radius 3 is 2.72 bits per heavy atom. The van der Waals surface area contributed by atoms with Crippen molar-refractivity contribution in [3.8, 4) is 0 Å². The summed E-state index contributed by atoms with van der Waals surface area (Å²) in [5.74, 6) is -0.644. The summed E-state index contributed by atoms with van der Waals surface area (Å²) in [7, 11) is -3.78. The van der Waals surface area contributed by atoms with Crippen molar-refractivity contribution in [1.82, 2.24) is 4.98 Å². The number of hydrogen-bond donors (Lipinski definition) is 1. The van der Waals surface area contributed by atoms with Crippen LogP contribution in [-0.4, -0.2) is 13.4 Å². The topological polar surface area (TPSA) is 59.1 Å². The van der Waals surface area contributed by atoms with Crippen molar-refractivity contribution in [3.05, 3.63) is 39.7 Å². The van der Waals surface area contributed by atoms with Crippen LogP contribution in [0.3, 0.4) is 0 Å². The highest BCUT2D eigenvalue weighted by Crippen LogP contribution is 2.24. The molecule has 1 aromatic carbocycles. The molecule has 1 aromatic heterocycles. The number of nitrogens with zero attached hydrogens (tertiary/aromatic N) is 1. The second-order valence-electron chi connectivity index (χ2n) is 3.43. The summed E-state index contributed by atoms with van der Waals surface area (Å²) in [4.78, 5) is 3.86. The largest absolute Gasteiger partial charge is 0.276 e. The van der Waals surface area contributed by atoms with E-state index in [9.17, 15) is 12.8 Å². The van der Waals surface area contributed by atoms with Gasteiger partial charge in [0.25, 0.3) is 10.0 Å². The van der Waals surface area contributed by atoms with Crippen molar-refractivity contribution >= 4 is 43.0 Å². The van der Waals surface area contributed by atoms with Crippen LogP contribution in [-0.2, 0) is 10.0 Å². The van der Waals surface area contributed by atoms with E-state index in [0.29, 0.717) is 9.48 Å². The molecule has 1 heterocycles. The minimum atomic E-state index is -3.78. The van der Waals surface area contributed by atoms with Gasteiger partial charge in [-0.2, -0.15) is 0 Å². The molecule has 0 aliphatic rings. The molecule has 0 bridgehead atoms. The van der Waals surface area contributed by atoms with Gasteiger partial charge in [0.15, 0.2) is 4.21 Å². The monoisotopic (exact) mass is 350 g/mol. The van der Waals surface area contributed by atoms with Gasteiger partial charge in [-0.15, -0.1) is 11.3 Å². The van der Waals surface area contributed by atoms with E-state index >= 15 is 0 Å². The quantitative estimate of drug-likeness (QED) is 0.924. The Hall–Kier alpha value is -0.990. The first kappa shape index (κ1) is 13.4. The number of sulfonamides is 1. The van der Waals surface area contributed by atoms with Crippen molar-refractivity contribution in [2.24, 2.45) is 0 Å². The van der Waals surface area contributed by atoms with Gasteiger partial charge in [0.05, 0.1) is 16.9 Å². The maximum absolute atomic E-state index is 13.5. The lowest BCUT2D eigenvalue weighted by Gasteiger charge is -2.07. The summed E-state index contributed by atoms with van der Waals surface area (Å²) in [6.45, 7) is 1.70. The van der Waals surface area contributed by atoms with Crippen molar-refractivity contribution < 1.29 is 12.8 Å². The van der Waals surface area contributed by atoms with Crippen LogP contribution in [0.15, 0.2) is 33.1 Å². The molecule has 0 aliphatic carbocycles. The number of rotatable bonds is 3. The highest BCUT2D eigenvalue weighted by molar-refractivity contribution is 9.10. The van der Waals surface area contributed by atoms with Gasteiger partial charge in [0, 0.05) is 4.47 Å². The Morgan fingerprint density at radius 1 is 1.44 bits per heavy atom. The number of hydrogen-bond acceptors (Lipinski definition) is 4. The lowest BCUT2D eigenvalue weighted by Crippen LogP contribution is -2.12. The van der Waals surface area contributed by atoms with Gasteiger partial charge in [-0.25, -0.2) is 17.8 Å². The van der Waals surface area contributed by atoms with Crippen LogP contribution in [0, 0.1) is 12.7 Å². The molecule has 0 saturated carbocycles. The Bertz CT molecular complexity index is 685. The van der Waals surface area contributed by atoms with Gasteiger partial charge < -0.3 is 0 Å². The van der Waals surface area contributed by atoms with E-state index in [-0.39, 0.29) is 9.90 Å². The first-order chi connectivity index (χ1) is 8.38. The molecule has 1 N–H and O–H groups in total. The standard InChI is InChI=1S/C10H8BrFN2O2S2/c1-6-13-5-10(17-6)18(15,16)14-9-3-2-7(11)4-8(9)12/h2-5,14H,1H3. The van der Waals surface area contributed by atoms with E-state index in [1.165, 1.54) is 18.3 Å². The van der Waals surface area contributed by atoms with E-state index in [1.54, 1.807) is 13.0 Å². The van der Waals surface area contributed by atoms with Crippen LogP contribution in [0.2, 0.25) is 0 Å². The summed E-state index contributed by atoms with van der Waals surface area (Å²) in [6.07, 6.45) is 1.25. The zero-order valence-electron chi connectivity index (χ0n) is 9.15. The Balaban J connectivity index is 2.33. The molecule has 0 amide bonds. The maximum atomic E-state index is 13.5. The fraction of sp³-hybridized carbons (Fsp3) is 0.100. The van der Waals surface area contributed by atoms with E-state index in [4.69, 9.17) is 0 Å². The van der Waals surface area contributed by atoms with Gasteiger partial charge in [0.2, 0.25) is 0 Å². The smallest absolute Gasteiger partial charge is 0.273 e. The zero-order valence-corrected chi connectivity index (χ0v) is 12.4. The molecule has 18 heavy (non-hydrogen) atoms. The summed E-state index contributed by atoms with van der Waals surface area (Å²) < 4.78 is 40.2. The molecular weight excluding hydrogens is 343 g/mol. The van der Waals surface area contributed by atoms with Crippen molar-refractivity contribution in [2.45, 2.75) is 11.1 Å². The number of nitrogens with one attached hydrogen (secondary N) is 1. The van der Waals surface area contributed by atoms with E-state index in [2.05, 4.69) is 25.6 Å². The van der Waals surface area contributed by atoms with Gasteiger partial charge in [0.1, 0.15) is 5.82 Å². The third kappa shape index (κ3) is 2.88. The van der Waals surface area contributed by atoms with Crippen molar-refractivity contribution in [1.29, 1.82) is 0 Å². The lowest BCUT2D eigenvalue weighted by atomic mass is 10.3. The molecule has 0 saturated heterocycles. The first-order valence-corrected chi connectivity index (χ1v) is 7.88. The molecule has 2 aromatic rings. The fourth-order valence-corrected chi connectivity index (χ4v) is 3.74. The highest BCUT2D eigenvalue weighted by atomic mass is 79.9. The van der Waals surface area contributed by atoms with Crippen LogP contribution in [0.4, 0.5) is 10.1 Å². The normalized spacial score (nSPS) is 11.5. The third-order valence-corrected chi connectivity index (χ3v) is 5.27. The highest BCUT2D eigenvalue weighted by Gasteiger charge is 2.18. The Kier molecular flexibility index (Phi) is 3.69. The van der Waals surface area contributed by atoms with Crippen LogP contribution in [0.1, 0.15) is 5.01 Å². The molecule has 0 spiro atoms. The van der Waals surface area contributed by atoms with Crippen molar-refractivity contribution in [3.63, 3.8) is 0 Å². The molecule has 2 rings (SSSR count). The first-order valence-electron chi connectivity index (χ1n) is 4.79. The second-order valence-corrected chi connectivity index (χ2v) is 7.49. The predicted octanol–water partition coefficient (Wildman–Crippen LogP) is 3.15. The van der Waals surface area contributed by atoms with Gasteiger partial charge >= 0.3 is 0 Å². The molecule has 4 nitrogen and oxygen atoms in total. The number of aromatic nitrogens is 1. The Labute approximate surface area is 116 Å². The molecule has 0 fully saturated rings. The van der Waals surface area contributed by atoms with Gasteiger partial charge in [-0.3, -0.25) is 4.72 Å². The number of aryl methyl sites for hydroxylation is 1. The van der Waals surface area contributed by atoms with Crippen LogP contribution in [0.5, 0.6) is 0 Å². The van der Waals surface area contributed by atoms with E-state index in [0.717, 1.165) is 11.3 Å². The van der Waals surface area contributed by atoms with E-state index in [1.807, 2.05) is 0 Å². The maximum Gasteiger partial charge on any atom is 0.273 e. The average Bonchev–Trinajstić information content (AvgIpc) is 2.70. The summed E-state index contributed by atoms with van der Waals surface area (Å²) >= 11 is 4.13. The minimum Gasteiger partial charge on any atom is -0.276 e. The molecule has 0 radical (unpaired) electrons. The second kappa shape index (κ2) is 4.94. The number of halogens is 2. The Morgan fingerprint density at radius 2 is 2.17 bits per heavy atom. The number of anilines is 1. The average molecular weight is 351 g/mol. The predicted molar refractivity (Wildman–Crippen MR) is 71.8 cm³/mol. The number of thiazole rings is 1. The van der Waals surface area contributed by atoms with Crippen LogP contribution in [0.25, 0.3) is 0 Å². The summed E-state index contributed by atoms with van der Waals surface area (Å²) in [5, 5.41) is 0.631. The molecule has 8 heteroatoms. The molecule has 96 valence electrons.